The molecule has 0 aliphatic heterocycles. The van der Waals surface area contributed by atoms with Gasteiger partial charge >= 0.3 is 0 Å². The maximum absolute atomic E-state index is 6.17. The van der Waals surface area contributed by atoms with Crippen molar-refractivity contribution in [3.8, 4) is 0 Å². The van der Waals surface area contributed by atoms with Crippen LogP contribution in [0, 0.1) is 17.8 Å². The van der Waals surface area contributed by atoms with Crippen molar-refractivity contribution >= 4 is 0 Å². The van der Waals surface area contributed by atoms with Crippen LogP contribution in [0.15, 0.2) is 0 Å². The smallest absolute Gasteiger partial charge is 0.0572 e. The zero-order chi connectivity index (χ0) is 20.9. The van der Waals surface area contributed by atoms with Crippen LogP contribution < -0.4 is 0 Å². The van der Waals surface area contributed by atoms with E-state index in [1.807, 2.05) is 13.8 Å². The van der Waals surface area contributed by atoms with E-state index in [1.54, 1.807) is 0 Å². The van der Waals surface area contributed by atoms with Gasteiger partial charge in [-0.1, -0.05) is 113 Å². The van der Waals surface area contributed by atoms with E-state index in [-0.39, 0.29) is 0 Å². The Hall–Kier alpha value is -0.0400. The fourth-order valence-corrected chi connectivity index (χ4v) is 4.06. The monoisotopic (exact) mass is 384 g/mol. The fraction of sp³-hybridized carbons (Fsp3) is 1.00. The number of unbranched alkanes of at least 4 members (excludes halogenated alkanes) is 2. The molecular formula is C26H56O. The van der Waals surface area contributed by atoms with Gasteiger partial charge < -0.3 is 4.74 Å². The van der Waals surface area contributed by atoms with Crippen LogP contribution in [0.25, 0.3) is 0 Å². The minimum Gasteiger partial charge on any atom is -0.378 e. The van der Waals surface area contributed by atoms with Gasteiger partial charge in [0.25, 0.3) is 0 Å². The van der Waals surface area contributed by atoms with E-state index in [9.17, 15) is 0 Å². The second kappa shape index (κ2) is 22.3. The minimum atomic E-state index is 0.494. The standard InChI is InChI=1S/C24H50O.C2H6/c1-7-12-16-23(15-8-2)22(10-4)17-13-14-20-25-24(11-5)19-18-21(6)9-3;1-2/h21-24H,7-20H2,1-6H3;1-2H3. The molecule has 1 heteroatoms. The first-order chi connectivity index (χ1) is 13.1. The SMILES string of the molecule is CC.CCCCC(CCC)C(CC)CCCCOC(CC)CCC(C)CC. The molecule has 0 aromatic rings. The Balaban J connectivity index is 0. The Kier molecular flexibility index (Phi) is 24.0. The molecule has 0 saturated carbocycles. The first-order valence-electron chi connectivity index (χ1n) is 12.7. The van der Waals surface area contributed by atoms with Crippen molar-refractivity contribution in [1.29, 1.82) is 0 Å². The number of hydrogen-bond acceptors (Lipinski definition) is 1. The average molecular weight is 385 g/mol. The summed E-state index contributed by atoms with van der Waals surface area (Å²) in [6.45, 7) is 19.0. The van der Waals surface area contributed by atoms with E-state index in [0.29, 0.717) is 6.10 Å². The summed E-state index contributed by atoms with van der Waals surface area (Å²) in [5, 5.41) is 0. The zero-order valence-electron chi connectivity index (χ0n) is 20.6. The summed E-state index contributed by atoms with van der Waals surface area (Å²) in [6.07, 6.45) is 17.9. The molecule has 0 aliphatic carbocycles. The van der Waals surface area contributed by atoms with Crippen molar-refractivity contribution in [2.75, 3.05) is 6.61 Å². The molecule has 0 amide bonds. The summed E-state index contributed by atoms with van der Waals surface area (Å²) in [4.78, 5) is 0. The molecular weight excluding hydrogens is 328 g/mol. The molecule has 0 rings (SSSR count). The third-order valence-corrected chi connectivity index (χ3v) is 6.24. The first-order valence-corrected chi connectivity index (χ1v) is 12.7. The topological polar surface area (TPSA) is 9.23 Å². The predicted molar refractivity (Wildman–Crippen MR) is 126 cm³/mol. The molecule has 0 bridgehead atoms. The predicted octanol–water partition coefficient (Wildman–Crippen LogP) is 9.44. The lowest BCUT2D eigenvalue weighted by atomic mass is 9.80. The van der Waals surface area contributed by atoms with Gasteiger partial charge in [0.15, 0.2) is 0 Å². The Labute approximate surface area is 174 Å². The van der Waals surface area contributed by atoms with E-state index in [4.69, 9.17) is 4.74 Å². The zero-order valence-corrected chi connectivity index (χ0v) is 20.6. The highest BCUT2D eigenvalue weighted by Crippen LogP contribution is 2.30. The van der Waals surface area contributed by atoms with Crippen molar-refractivity contribution in [1.82, 2.24) is 0 Å². The van der Waals surface area contributed by atoms with Gasteiger partial charge in [0.05, 0.1) is 6.10 Å². The molecule has 0 radical (unpaired) electrons. The molecule has 27 heavy (non-hydrogen) atoms. The van der Waals surface area contributed by atoms with E-state index >= 15 is 0 Å². The largest absolute Gasteiger partial charge is 0.378 e. The summed E-state index contributed by atoms with van der Waals surface area (Å²) in [5.41, 5.74) is 0. The lowest BCUT2D eigenvalue weighted by Crippen LogP contribution is -2.16. The molecule has 0 aromatic heterocycles. The van der Waals surface area contributed by atoms with Gasteiger partial charge in [-0.2, -0.15) is 0 Å². The summed E-state index contributed by atoms with van der Waals surface area (Å²) in [5.74, 6) is 2.76. The summed E-state index contributed by atoms with van der Waals surface area (Å²) < 4.78 is 6.17. The molecule has 0 aromatic carbocycles. The molecule has 4 atom stereocenters. The molecule has 166 valence electrons. The molecule has 0 fully saturated rings. The van der Waals surface area contributed by atoms with Crippen LogP contribution >= 0.6 is 0 Å². The van der Waals surface area contributed by atoms with E-state index < -0.39 is 0 Å². The number of ether oxygens (including phenoxy) is 1. The van der Waals surface area contributed by atoms with E-state index in [1.165, 1.54) is 83.5 Å². The van der Waals surface area contributed by atoms with Crippen molar-refractivity contribution in [2.45, 2.75) is 145 Å². The molecule has 0 saturated heterocycles. The number of rotatable bonds is 18. The van der Waals surface area contributed by atoms with Crippen LogP contribution in [0.5, 0.6) is 0 Å². The second-order valence-electron chi connectivity index (χ2n) is 8.35. The van der Waals surface area contributed by atoms with Gasteiger partial charge in [-0.15, -0.1) is 0 Å². The van der Waals surface area contributed by atoms with Crippen molar-refractivity contribution in [3.05, 3.63) is 0 Å². The fourth-order valence-electron chi connectivity index (χ4n) is 4.06. The summed E-state index contributed by atoms with van der Waals surface area (Å²) >= 11 is 0. The third-order valence-electron chi connectivity index (χ3n) is 6.24. The van der Waals surface area contributed by atoms with Gasteiger partial charge in [0, 0.05) is 6.61 Å². The van der Waals surface area contributed by atoms with Gasteiger partial charge in [-0.3, -0.25) is 0 Å². The molecule has 4 unspecified atom stereocenters. The quantitative estimate of drug-likeness (QED) is 0.214. The molecule has 0 spiro atoms. The average Bonchev–Trinajstić information content (AvgIpc) is 2.71. The highest BCUT2D eigenvalue weighted by Gasteiger charge is 2.18. The van der Waals surface area contributed by atoms with Crippen LogP contribution in [0.1, 0.15) is 139 Å². The highest BCUT2D eigenvalue weighted by atomic mass is 16.5. The van der Waals surface area contributed by atoms with Crippen LogP contribution in [0.4, 0.5) is 0 Å². The van der Waals surface area contributed by atoms with Crippen LogP contribution in [-0.4, -0.2) is 12.7 Å². The molecule has 0 N–H and O–H groups in total. The highest BCUT2D eigenvalue weighted by molar-refractivity contribution is 4.70. The maximum atomic E-state index is 6.17. The first kappa shape index (κ1) is 29.2. The van der Waals surface area contributed by atoms with Gasteiger partial charge in [0.2, 0.25) is 0 Å². The molecule has 0 heterocycles. The summed E-state index contributed by atoms with van der Waals surface area (Å²) in [7, 11) is 0. The lowest BCUT2D eigenvalue weighted by molar-refractivity contribution is 0.0376. The Bertz CT molecular complexity index is 263. The Morgan fingerprint density at radius 2 is 1.26 bits per heavy atom. The van der Waals surface area contributed by atoms with Gasteiger partial charge in [0.1, 0.15) is 0 Å². The molecule has 1 nitrogen and oxygen atoms in total. The lowest BCUT2D eigenvalue weighted by Gasteiger charge is -2.26. The number of hydrogen-bond donors (Lipinski definition) is 0. The summed E-state index contributed by atoms with van der Waals surface area (Å²) in [6, 6.07) is 0. The minimum absolute atomic E-state index is 0.494. The van der Waals surface area contributed by atoms with Crippen LogP contribution in [-0.2, 0) is 4.74 Å². The van der Waals surface area contributed by atoms with Gasteiger partial charge in [-0.25, -0.2) is 0 Å². The van der Waals surface area contributed by atoms with E-state index in [0.717, 1.165) is 24.4 Å². The molecule has 0 aliphatic rings. The van der Waals surface area contributed by atoms with Crippen LogP contribution in [0.2, 0.25) is 0 Å². The third kappa shape index (κ3) is 16.6. The van der Waals surface area contributed by atoms with Crippen molar-refractivity contribution in [2.24, 2.45) is 17.8 Å². The van der Waals surface area contributed by atoms with E-state index in [2.05, 4.69) is 41.5 Å². The second-order valence-corrected chi connectivity index (χ2v) is 8.35. The van der Waals surface area contributed by atoms with Crippen LogP contribution in [0.3, 0.4) is 0 Å². The van der Waals surface area contributed by atoms with Crippen molar-refractivity contribution in [3.63, 3.8) is 0 Å². The Morgan fingerprint density at radius 1 is 0.593 bits per heavy atom. The van der Waals surface area contributed by atoms with Crippen molar-refractivity contribution < 1.29 is 4.74 Å². The van der Waals surface area contributed by atoms with Gasteiger partial charge in [-0.05, 0) is 43.4 Å². The Morgan fingerprint density at radius 3 is 1.78 bits per heavy atom. The normalized spacial score (nSPS) is 15.6. The maximum Gasteiger partial charge on any atom is 0.0572 e.